The van der Waals surface area contributed by atoms with Gasteiger partial charge in [-0.1, -0.05) is 0 Å². The molecule has 4 heteroatoms. The molecule has 0 bridgehead atoms. The zero-order valence-corrected chi connectivity index (χ0v) is 9.62. The first-order valence-electron chi connectivity index (χ1n) is 5.41. The van der Waals surface area contributed by atoms with Crippen molar-refractivity contribution in [3.63, 3.8) is 0 Å². The summed E-state index contributed by atoms with van der Waals surface area (Å²) < 4.78 is 5.27. The molecule has 0 aromatic carbocycles. The van der Waals surface area contributed by atoms with Gasteiger partial charge in [0, 0.05) is 11.9 Å². The van der Waals surface area contributed by atoms with Crippen LogP contribution in [0.15, 0.2) is 18.3 Å². The van der Waals surface area contributed by atoms with Crippen LogP contribution in [0.5, 0.6) is 0 Å². The number of ether oxygens (including phenoxy) is 1. The Morgan fingerprint density at radius 2 is 2.31 bits per heavy atom. The Kier molecular flexibility index (Phi) is 2.54. The van der Waals surface area contributed by atoms with Crippen molar-refractivity contribution in [1.29, 1.82) is 0 Å². The number of carboxylic acids is 1. The third kappa shape index (κ3) is 1.73. The molecule has 0 radical (unpaired) electrons. The Balaban J connectivity index is 2.21. The largest absolute Gasteiger partial charge is 0.481 e. The van der Waals surface area contributed by atoms with E-state index in [4.69, 9.17) is 4.74 Å². The molecular formula is C12H17NO3. The molecule has 4 nitrogen and oxygen atoms in total. The summed E-state index contributed by atoms with van der Waals surface area (Å²) in [6.45, 7) is 4.73. The van der Waals surface area contributed by atoms with Crippen LogP contribution in [-0.4, -0.2) is 29.3 Å². The van der Waals surface area contributed by atoms with Crippen molar-refractivity contribution in [2.75, 3.05) is 13.2 Å². The van der Waals surface area contributed by atoms with Gasteiger partial charge in [0.1, 0.15) is 0 Å². The Labute approximate surface area is 94.6 Å². The van der Waals surface area contributed by atoms with Crippen LogP contribution in [0.2, 0.25) is 0 Å². The van der Waals surface area contributed by atoms with Gasteiger partial charge in [0.15, 0.2) is 0 Å². The second-order valence-electron chi connectivity index (χ2n) is 5.22. The molecule has 0 atom stereocenters. The summed E-state index contributed by atoms with van der Waals surface area (Å²) >= 11 is 0. The van der Waals surface area contributed by atoms with Crippen LogP contribution in [0.25, 0.3) is 0 Å². The standard InChI is InChI=1S/C12H17NO3/c1-11(2,10(14)15)6-12(7-16-8-12)9-4-3-5-13-9/h3-5,13H,6-8H2,1-2H3,(H,14,15). The van der Waals surface area contributed by atoms with Gasteiger partial charge in [-0.25, -0.2) is 0 Å². The predicted molar refractivity (Wildman–Crippen MR) is 59.3 cm³/mol. The van der Waals surface area contributed by atoms with Crippen LogP contribution in [0.4, 0.5) is 0 Å². The normalized spacial score (nSPS) is 19.1. The van der Waals surface area contributed by atoms with Gasteiger partial charge in [0.05, 0.1) is 24.0 Å². The first-order valence-corrected chi connectivity index (χ1v) is 5.41. The highest BCUT2D eigenvalue weighted by atomic mass is 16.5. The average Bonchev–Trinajstić information content (AvgIpc) is 2.64. The van der Waals surface area contributed by atoms with E-state index in [0.29, 0.717) is 19.6 Å². The van der Waals surface area contributed by atoms with Crippen molar-refractivity contribution in [2.24, 2.45) is 5.41 Å². The molecule has 0 amide bonds. The van der Waals surface area contributed by atoms with E-state index in [2.05, 4.69) is 4.98 Å². The highest BCUT2D eigenvalue weighted by Crippen LogP contribution is 2.41. The second-order valence-corrected chi connectivity index (χ2v) is 5.22. The number of hydrogen-bond acceptors (Lipinski definition) is 2. The van der Waals surface area contributed by atoms with Crippen molar-refractivity contribution in [2.45, 2.75) is 25.7 Å². The SMILES string of the molecule is CC(C)(CC1(c2ccc[nH]2)COC1)C(=O)O. The Bertz CT molecular complexity index is 377. The van der Waals surface area contributed by atoms with Crippen LogP contribution < -0.4 is 0 Å². The van der Waals surface area contributed by atoms with Gasteiger partial charge in [0.2, 0.25) is 0 Å². The molecule has 1 aliphatic heterocycles. The van der Waals surface area contributed by atoms with E-state index in [1.165, 1.54) is 0 Å². The van der Waals surface area contributed by atoms with Crippen molar-refractivity contribution in [3.05, 3.63) is 24.0 Å². The number of aromatic amines is 1. The topological polar surface area (TPSA) is 62.3 Å². The van der Waals surface area contributed by atoms with Crippen molar-refractivity contribution in [3.8, 4) is 0 Å². The van der Waals surface area contributed by atoms with Crippen molar-refractivity contribution < 1.29 is 14.6 Å². The van der Waals surface area contributed by atoms with Crippen LogP contribution in [0, 0.1) is 5.41 Å². The van der Waals surface area contributed by atoms with Gasteiger partial charge in [-0.2, -0.15) is 0 Å². The van der Waals surface area contributed by atoms with Crippen molar-refractivity contribution >= 4 is 5.97 Å². The van der Waals surface area contributed by atoms with E-state index in [0.717, 1.165) is 5.69 Å². The highest BCUT2D eigenvalue weighted by Gasteiger charge is 2.47. The van der Waals surface area contributed by atoms with Gasteiger partial charge in [-0.15, -0.1) is 0 Å². The summed E-state index contributed by atoms with van der Waals surface area (Å²) in [6, 6.07) is 3.93. The summed E-state index contributed by atoms with van der Waals surface area (Å²) in [5.41, 5.74) is 0.202. The molecule has 1 fully saturated rings. The zero-order valence-electron chi connectivity index (χ0n) is 9.62. The fourth-order valence-corrected chi connectivity index (χ4v) is 2.28. The number of aromatic nitrogens is 1. The maximum Gasteiger partial charge on any atom is 0.309 e. The summed E-state index contributed by atoms with van der Waals surface area (Å²) in [7, 11) is 0. The van der Waals surface area contributed by atoms with Gasteiger partial charge in [-0.3, -0.25) is 4.79 Å². The summed E-state index contributed by atoms with van der Waals surface area (Å²) in [5.74, 6) is -0.759. The lowest BCUT2D eigenvalue weighted by Gasteiger charge is -2.44. The number of carbonyl (C=O) groups is 1. The van der Waals surface area contributed by atoms with E-state index in [1.54, 1.807) is 13.8 Å². The molecule has 16 heavy (non-hydrogen) atoms. The fraction of sp³-hybridized carbons (Fsp3) is 0.583. The molecule has 2 N–H and O–H groups in total. The van der Waals surface area contributed by atoms with Crippen molar-refractivity contribution in [1.82, 2.24) is 4.98 Å². The molecule has 1 saturated heterocycles. The molecule has 1 aromatic heterocycles. The third-order valence-corrected chi connectivity index (χ3v) is 3.29. The Morgan fingerprint density at radius 1 is 1.62 bits per heavy atom. The number of aliphatic carboxylic acids is 1. The lowest BCUT2D eigenvalue weighted by molar-refractivity contribution is -0.152. The maximum absolute atomic E-state index is 11.2. The molecule has 0 spiro atoms. The Morgan fingerprint density at radius 3 is 2.69 bits per heavy atom. The molecular weight excluding hydrogens is 206 g/mol. The van der Waals surface area contributed by atoms with E-state index in [9.17, 15) is 9.90 Å². The summed E-state index contributed by atoms with van der Waals surface area (Å²) in [6.07, 6.45) is 2.46. The predicted octanol–water partition coefficient (Wildman–Crippen LogP) is 1.78. The van der Waals surface area contributed by atoms with Crippen LogP contribution in [0.3, 0.4) is 0 Å². The average molecular weight is 223 g/mol. The van der Waals surface area contributed by atoms with E-state index in [1.807, 2.05) is 18.3 Å². The number of rotatable bonds is 4. The summed E-state index contributed by atoms with van der Waals surface area (Å²) in [4.78, 5) is 14.3. The monoisotopic (exact) mass is 223 g/mol. The van der Waals surface area contributed by atoms with Crippen LogP contribution in [-0.2, 0) is 14.9 Å². The minimum absolute atomic E-state index is 0.147. The van der Waals surface area contributed by atoms with Crippen LogP contribution >= 0.6 is 0 Å². The minimum Gasteiger partial charge on any atom is -0.481 e. The maximum atomic E-state index is 11.2. The molecule has 0 saturated carbocycles. The number of hydrogen-bond donors (Lipinski definition) is 2. The van der Waals surface area contributed by atoms with Gasteiger partial charge in [-0.05, 0) is 32.4 Å². The van der Waals surface area contributed by atoms with E-state index >= 15 is 0 Å². The van der Waals surface area contributed by atoms with Gasteiger partial charge in [0.25, 0.3) is 0 Å². The van der Waals surface area contributed by atoms with E-state index < -0.39 is 11.4 Å². The highest BCUT2D eigenvalue weighted by molar-refractivity contribution is 5.73. The number of carboxylic acid groups (broad SMARTS) is 1. The number of nitrogens with one attached hydrogen (secondary N) is 1. The molecule has 1 aliphatic rings. The second kappa shape index (κ2) is 3.63. The van der Waals surface area contributed by atoms with Gasteiger partial charge < -0.3 is 14.8 Å². The first-order chi connectivity index (χ1) is 7.46. The molecule has 0 unspecified atom stereocenters. The fourth-order valence-electron chi connectivity index (χ4n) is 2.28. The molecule has 2 rings (SSSR count). The smallest absolute Gasteiger partial charge is 0.309 e. The molecule has 1 aromatic rings. The molecule has 88 valence electrons. The van der Waals surface area contributed by atoms with Gasteiger partial charge >= 0.3 is 5.97 Å². The Hall–Kier alpha value is -1.29. The van der Waals surface area contributed by atoms with E-state index in [-0.39, 0.29) is 5.41 Å². The first kappa shape index (κ1) is 11.2. The third-order valence-electron chi connectivity index (χ3n) is 3.29. The molecule has 2 heterocycles. The number of H-pyrrole nitrogens is 1. The quantitative estimate of drug-likeness (QED) is 0.818. The summed E-state index contributed by atoms with van der Waals surface area (Å²) in [5, 5.41) is 9.17. The molecule has 0 aliphatic carbocycles. The van der Waals surface area contributed by atoms with Crippen LogP contribution in [0.1, 0.15) is 26.0 Å². The lowest BCUT2D eigenvalue weighted by atomic mass is 9.69. The lowest BCUT2D eigenvalue weighted by Crippen LogP contribution is -2.51. The minimum atomic E-state index is -0.759. The zero-order chi connectivity index (χ0) is 11.8.